The number of benzene rings is 1. The number of hydrogen-bond acceptors (Lipinski definition) is 3. The van der Waals surface area contributed by atoms with Crippen LogP contribution in [0.15, 0.2) is 53.3 Å². The first-order valence-electron chi connectivity index (χ1n) is 6.91. The van der Waals surface area contributed by atoms with Crippen molar-refractivity contribution in [1.82, 2.24) is 19.7 Å². The predicted octanol–water partition coefficient (Wildman–Crippen LogP) is 4.04. The van der Waals surface area contributed by atoms with Gasteiger partial charge in [-0.15, -0.1) is 0 Å². The maximum atomic E-state index is 4.65. The highest BCUT2D eigenvalue weighted by atomic mass is 79.9. The van der Waals surface area contributed by atoms with Crippen LogP contribution in [0, 0.1) is 0 Å². The number of aryl methyl sites for hydroxylation is 1. The second-order valence-corrected chi connectivity index (χ2v) is 5.52. The molecule has 2 aromatic heterocycles. The second-order valence-electron chi connectivity index (χ2n) is 4.71. The lowest BCUT2D eigenvalue weighted by Crippen LogP contribution is -2.02. The minimum Gasteiger partial charge on any atom is -0.232 e. The Morgan fingerprint density at radius 2 is 1.90 bits per heavy atom. The van der Waals surface area contributed by atoms with E-state index in [4.69, 9.17) is 0 Å². The van der Waals surface area contributed by atoms with E-state index in [1.807, 2.05) is 47.1 Å². The molecule has 0 saturated carbocycles. The quantitative estimate of drug-likeness (QED) is 0.672. The molecule has 1 aromatic carbocycles. The average molecular weight is 343 g/mol. The molecule has 0 unspecified atom stereocenters. The summed E-state index contributed by atoms with van der Waals surface area (Å²) < 4.78 is 2.70. The summed E-state index contributed by atoms with van der Waals surface area (Å²) in [7, 11) is 0. The van der Waals surface area contributed by atoms with Crippen molar-refractivity contribution in [2.45, 2.75) is 19.8 Å². The summed E-state index contributed by atoms with van der Waals surface area (Å²) in [5.41, 5.74) is 2.85. The molecule has 2 heterocycles. The zero-order valence-electron chi connectivity index (χ0n) is 11.7. The molecule has 0 aliphatic heterocycles. The Labute approximate surface area is 132 Å². The monoisotopic (exact) mass is 342 g/mol. The fourth-order valence-corrected chi connectivity index (χ4v) is 2.63. The van der Waals surface area contributed by atoms with Crippen LogP contribution in [0.25, 0.3) is 17.1 Å². The topological polar surface area (TPSA) is 43.6 Å². The van der Waals surface area contributed by atoms with Crippen molar-refractivity contribution in [3.8, 4) is 17.1 Å². The molecule has 3 rings (SSSR count). The first-order valence-corrected chi connectivity index (χ1v) is 7.70. The summed E-state index contributed by atoms with van der Waals surface area (Å²) in [4.78, 5) is 9.06. The molecule has 0 fully saturated rings. The van der Waals surface area contributed by atoms with Crippen molar-refractivity contribution in [2.75, 3.05) is 0 Å². The van der Waals surface area contributed by atoms with Gasteiger partial charge < -0.3 is 0 Å². The van der Waals surface area contributed by atoms with Crippen molar-refractivity contribution in [1.29, 1.82) is 0 Å². The van der Waals surface area contributed by atoms with Gasteiger partial charge in [-0.2, -0.15) is 5.10 Å². The van der Waals surface area contributed by atoms with Crippen LogP contribution in [0.3, 0.4) is 0 Å². The van der Waals surface area contributed by atoms with E-state index in [-0.39, 0.29) is 0 Å². The van der Waals surface area contributed by atoms with E-state index in [2.05, 4.69) is 37.9 Å². The third-order valence-corrected chi connectivity index (χ3v) is 3.53. The Kier molecular flexibility index (Phi) is 4.10. The van der Waals surface area contributed by atoms with Gasteiger partial charge in [0.2, 0.25) is 0 Å². The summed E-state index contributed by atoms with van der Waals surface area (Å²) in [6.07, 6.45) is 3.68. The van der Waals surface area contributed by atoms with Crippen LogP contribution in [0.2, 0.25) is 0 Å². The summed E-state index contributed by atoms with van der Waals surface area (Å²) in [5.74, 6) is 0.850. The van der Waals surface area contributed by atoms with Gasteiger partial charge in [-0.3, -0.25) is 0 Å². The van der Waals surface area contributed by atoms with E-state index in [1.54, 1.807) is 6.20 Å². The first kappa shape index (κ1) is 13.9. The van der Waals surface area contributed by atoms with Crippen LogP contribution < -0.4 is 0 Å². The van der Waals surface area contributed by atoms with Crippen LogP contribution in [-0.4, -0.2) is 19.7 Å². The van der Waals surface area contributed by atoms with Crippen molar-refractivity contribution in [2.24, 2.45) is 0 Å². The van der Waals surface area contributed by atoms with Crippen LogP contribution in [-0.2, 0) is 6.42 Å². The molecule has 0 atom stereocenters. The first-order chi connectivity index (χ1) is 10.3. The molecular weight excluding hydrogens is 328 g/mol. The third-order valence-electron chi connectivity index (χ3n) is 3.12. The number of nitrogens with zero attached hydrogens (tertiary/aromatic N) is 4. The van der Waals surface area contributed by atoms with Gasteiger partial charge in [0.25, 0.3) is 0 Å². The van der Waals surface area contributed by atoms with Gasteiger partial charge >= 0.3 is 0 Å². The largest absolute Gasteiger partial charge is 0.232 e. The van der Waals surface area contributed by atoms with Gasteiger partial charge in [0, 0.05) is 6.42 Å². The Balaban J connectivity index is 2.08. The molecule has 0 spiro atoms. The van der Waals surface area contributed by atoms with Gasteiger partial charge in [0.05, 0.1) is 23.3 Å². The van der Waals surface area contributed by atoms with Crippen molar-refractivity contribution >= 4 is 15.9 Å². The van der Waals surface area contributed by atoms with E-state index in [0.717, 1.165) is 40.3 Å². The zero-order valence-corrected chi connectivity index (χ0v) is 13.3. The van der Waals surface area contributed by atoms with Crippen LogP contribution in [0.1, 0.15) is 19.2 Å². The van der Waals surface area contributed by atoms with Gasteiger partial charge in [0.1, 0.15) is 10.4 Å². The van der Waals surface area contributed by atoms with E-state index in [1.165, 1.54) is 0 Å². The Morgan fingerprint density at radius 3 is 2.67 bits per heavy atom. The third kappa shape index (κ3) is 3.03. The van der Waals surface area contributed by atoms with E-state index in [0.29, 0.717) is 0 Å². The predicted molar refractivity (Wildman–Crippen MR) is 86.3 cm³/mol. The minimum atomic E-state index is 0.803. The summed E-state index contributed by atoms with van der Waals surface area (Å²) in [6, 6.07) is 13.9. The van der Waals surface area contributed by atoms with Gasteiger partial charge in [-0.1, -0.05) is 25.1 Å². The number of halogens is 1. The fourth-order valence-electron chi connectivity index (χ4n) is 2.20. The Morgan fingerprint density at radius 1 is 1.10 bits per heavy atom. The molecule has 3 aromatic rings. The molecule has 21 heavy (non-hydrogen) atoms. The van der Waals surface area contributed by atoms with Crippen molar-refractivity contribution in [3.63, 3.8) is 0 Å². The highest BCUT2D eigenvalue weighted by molar-refractivity contribution is 9.10. The number of aromatic nitrogens is 4. The highest BCUT2D eigenvalue weighted by Gasteiger charge is 2.11. The van der Waals surface area contributed by atoms with E-state index < -0.39 is 0 Å². The molecule has 0 N–H and O–H groups in total. The SMILES string of the molecule is CCCc1nc(Br)cc(-c2ccnn2-c2ccccc2)n1. The standard InChI is InChI=1S/C16H15BrN4/c1-2-6-16-19-13(11-15(17)20-16)14-9-10-18-21(14)12-7-4-3-5-8-12/h3-5,7-11H,2,6H2,1H3. The molecule has 0 amide bonds. The van der Waals surface area contributed by atoms with Crippen LogP contribution in [0.5, 0.6) is 0 Å². The Hall–Kier alpha value is -2.01. The summed E-state index contributed by atoms with van der Waals surface area (Å²) in [6.45, 7) is 2.12. The number of para-hydroxylation sites is 1. The molecule has 0 aliphatic rings. The zero-order chi connectivity index (χ0) is 14.7. The fraction of sp³-hybridized carbons (Fsp3) is 0.188. The lowest BCUT2D eigenvalue weighted by Gasteiger charge is -2.08. The molecule has 0 saturated heterocycles. The van der Waals surface area contributed by atoms with Gasteiger partial charge in [0.15, 0.2) is 0 Å². The average Bonchev–Trinajstić information content (AvgIpc) is 2.97. The van der Waals surface area contributed by atoms with E-state index in [9.17, 15) is 0 Å². The maximum absolute atomic E-state index is 4.65. The van der Waals surface area contributed by atoms with E-state index >= 15 is 0 Å². The van der Waals surface area contributed by atoms with Crippen LogP contribution in [0.4, 0.5) is 0 Å². The van der Waals surface area contributed by atoms with Gasteiger partial charge in [-0.25, -0.2) is 14.6 Å². The maximum Gasteiger partial charge on any atom is 0.130 e. The summed E-state index contributed by atoms with van der Waals surface area (Å²) in [5, 5.41) is 4.41. The molecule has 106 valence electrons. The van der Waals surface area contributed by atoms with Crippen LogP contribution >= 0.6 is 15.9 Å². The molecule has 0 radical (unpaired) electrons. The molecule has 0 aliphatic carbocycles. The molecule has 5 heteroatoms. The lowest BCUT2D eigenvalue weighted by atomic mass is 10.2. The summed E-state index contributed by atoms with van der Waals surface area (Å²) >= 11 is 3.47. The number of rotatable bonds is 4. The number of hydrogen-bond donors (Lipinski definition) is 0. The second kappa shape index (κ2) is 6.18. The lowest BCUT2D eigenvalue weighted by molar-refractivity contribution is 0.824. The van der Waals surface area contributed by atoms with Gasteiger partial charge in [-0.05, 0) is 46.6 Å². The van der Waals surface area contributed by atoms with Crippen molar-refractivity contribution < 1.29 is 0 Å². The smallest absolute Gasteiger partial charge is 0.130 e. The highest BCUT2D eigenvalue weighted by Crippen LogP contribution is 2.23. The van der Waals surface area contributed by atoms with Crippen molar-refractivity contribution in [3.05, 3.63) is 59.1 Å². The minimum absolute atomic E-state index is 0.803. The Bertz CT molecular complexity index is 737. The molecule has 4 nitrogen and oxygen atoms in total. The molecular formula is C16H15BrN4. The normalized spacial score (nSPS) is 10.8. The molecule has 0 bridgehead atoms.